The highest BCUT2D eigenvalue weighted by Crippen LogP contribution is 2.48. The van der Waals surface area contributed by atoms with E-state index in [2.05, 4.69) is 5.32 Å². The zero-order chi connectivity index (χ0) is 29.2. The van der Waals surface area contributed by atoms with Gasteiger partial charge in [-0.15, -0.1) is 11.3 Å². The van der Waals surface area contributed by atoms with Crippen LogP contribution in [0.1, 0.15) is 48.8 Å². The summed E-state index contributed by atoms with van der Waals surface area (Å²) in [6.45, 7) is 3.92. The number of aromatic nitrogens is 1. The normalized spacial score (nSPS) is 14.8. The summed E-state index contributed by atoms with van der Waals surface area (Å²) in [5, 5.41) is 13.5. The van der Waals surface area contributed by atoms with E-state index in [0.29, 0.717) is 28.1 Å². The minimum absolute atomic E-state index is 0.0702. The Morgan fingerprint density at radius 2 is 1.73 bits per heavy atom. The van der Waals surface area contributed by atoms with Crippen molar-refractivity contribution < 1.29 is 32.2 Å². The van der Waals surface area contributed by atoms with Crippen molar-refractivity contribution in [2.24, 2.45) is 7.05 Å². The minimum Gasteiger partial charge on any atom is -0.454 e. The van der Waals surface area contributed by atoms with Crippen LogP contribution < -0.4 is 15.6 Å². The highest BCUT2D eigenvalue weighted by atomic mass is 32.1. The van der Waals surface area contributed by atoms with Gasteiger partial charge in [0.15, 0.2) is 11.6 Å². The number of amides is 1. The lowest BCUT2D eigenvalue weighted by atomic mass is 9.93. The first-order valence-corrected chi connectivity index (χ1v) is 13.2. The summed E-state index contributed by atoms with van der Waals surface area (Å²) in [6.07, 6.45) is 1.80. The van der Waals surface area contributed by atoms with E-state index in [1.165, 1.54) is 29.9 Å². The van der Waals surface area contributed by atoms with Crippen LogP contribution in [0, 0.1) is 11.6 Å². The Labute approximate surface area is 230 Å². The number of aryl methyl sites for hydroxylation is 1. The molecule has 0 saturated heterocycles. The second-order valence-electron chi connectivity index (χ2n) is 10.7. The zero-order valence-corrected chi connectivity index (χ0v) is 22.9. The van der Waals surface area contributed by atoms with Gasteiger partial charge in [0.25, 0.3) is 17.4 Å². The Hall–Kier alpha value is -3.70. The number of rotatable bonds is 7. The fourth-order valence-electron chi connectivity index (χ4n) is 4.52. The van der Waals surface area contributed by atoms with Gasteiger partial charge in [0.2, 0.25) is 0 Å². The first kappa shape index (κ1) is 27.9. The van der Waals surface area contributed by atoms with Crippen LogP contribution in [0.15, 0.2) is 53.5 Å². The molecule has 1 aliphatic carbocycles. The van der Waals surface area contributed by atoms with Crippen LogP contribution in [0.25, 0.3) is 21.2 Å². The van der Waals surface area contributed by atoms with Gasteiger partial charge in [0.05, 0.1) is 10.5 Å². The molecular weight excluding hydrogens is 548 g/mol. The van der Waals surface area contributed by atoms with Gasteiger partial charge in [-0.1, -0.05) is 6.07 Å². The molecular formula is C29H26F4N2O4S. The van der Waals surface area contributed by atoms with E-state index < -0.39 is 40.2 Å². The second kappa shape index (κ2) is 9.45. The van der Waals surface area contributed by atoms with E-state index in [9.17, 15) is 32.3 Å². The SMILES string of the molecule is Cn1cc(-c2cc(C(C)(C)O)ccc2Oc2ccc(F)cc2F)c2cc(C(=O)NC3(C(C)(F)F)CC3)sc2c1=O. The molecule has 1 fully saturated rings. The average molecular weight is 575 g/mol. The Morgan fingerprint density at radius 3 is 2.33 bits per heavy atom. The highest BCUT2D eigenvalue weighted by molar-refractivity contribution is 7.20. The number of ether oxygens (including phenoxy) is 1. The lowest BCUT2D eigenvalue weighted by Crippen LogP contribution is -2.48. The number of aliphatic hydroxyl groups is 1. The molecule has 2 heterocycles. The van der Waals surface area contributed by atoms with Gasteiger partial charge in [-0.3, -0.25) is 9.59 Å². The van der Waals surface area contributed by atoms with Crippen molar-refractivity contribution in [2.75, 3.05) is 0 Å². The van der Waals surface area contributed by atoms with E-state index in [1.54, 1.807) is 26.0 Å². The van der Waals surface area contributed by atoms with E-state index in [-0.39, 0.29) is 33.9 Å². The fourth-order valence-corrected chi connectivity index (χ4v) is 5.57. The number of carbonyl (C=O) groups excluding carboxylic acids is 1. The summed E-state index contributed by atoms with van der Waals surface area (Å²) >= 11 is 0.876. The molecule has 0 atom stereocenters. The number of hydrogen-bond donors (Lipinski definition) is 2. The van der Waals surface area contributed by atoms with Crippen LogP contribution in [0.2, 0.25) is 0 Å². The molecule has 0 bridgehead atoms. The monoisotopic (exact) mass is 574 g/mol. The van der Waals surface area contributed by atoms with E-state index >= 15 is 0 Å². The van der Waals surface area contributed by atoms with Crippen LogP contribution in [-0.4, -0.2) is 27.0 Å². The number of thiophene rings is 1. The predicted octanol–water partition coefficient (Wildman–Crippen LogP) is 6.48. The van der Waals surface area contributed by atoms with Crippen LogP contribution in [0.5, 0.6) is 11.5 Å². The van der Waals surface area contributed by atoms with Crippen LogP contribution in [0.4, 0.5) is 17.6 Å². The van der Waals surface area contributed by atoms with Crippen molar-refractivity contribution >= 4 is 27.3 Å². The Balaban J connectivity index is 1.67. The molecule has 11 heteroatoms. The standard InChI is InChI=1S/C29H26F4N2O4S/c1-27(2,38)15-5-7-21(39-22-8-6-16(30)12-20(22)31)17(11-15)19-14-35(4)26(37)24-18(19)13-23(40-24)25(36)34-29(9-10-29)28(3,32)33/h5-8,11-14,38H,9-10H2,1-4H3,(H,34,36). The smallest absolute Gasteiger partial charge is 0.268 e. The Morgan fingerprint density at radius 1 is 1.05 bits per heavy atom. The lowest BCUT2D eigenvalue weighted by molar-refractivity contribution is -0.0280. The van der Waals surface area contributed by atoms with E-state index in [1.807, 2.05) is 0 Å². The summed E-state index contributed by atoms with van der Waals surface area (Å²) < 4.78 is 63.5. The molecule has 1 aliphatic rings. The summed E-state index contributed by atoms with van der Waals surface area (Å²) in [6, 6.07) is 9.04. The van der Waals surface area contributed by atoms with Crippen molar-refractivity contribution in [1.29, 1.82) is 0 Å². The van der Waals surface area contributed by atoms with Crippen molar-refractivity contribution in [1.82, 2.24) is 9.88 Å². The molecule has 2 aromatic heterocycles. The molecule has 2 N–H and O–H groups in total. The maximum Gasteiger partial charge on any atom is 0.268 e. The Kier molecular flexibility index (Phi) is 6.58. The van der Waals surface area contributed by atoms with Gasteiger partial charge >= 0.3 is 0 Å². The number of alkyl halides is 2. The lowest BCUT2D eigenvalue weighted by Gasteiger charge is -2.23. The predicted molar refractivity (Wildman–Crippen MR) is 144 cm³/mol. The van der Waals surface area contributed by atoms with Crippen molar-refractivity contribution in [3.05, 3.63) is 81.1 Å². The van der Waals surface area contributed by atoms with Gasteiger partial charge in [-0.05, 0) is 62.6 Å². The van der Waals surface area contributed by atoms with Gasteiger partial charge < -0.3 is 19.7 Å². The van der Waals surface area contributed by atoms with Gasteiger partial charge in [0, 0.05) is 42.7 Å². The minimum atomic E-state index is -3.11. The Bertz CT molecular complexity index is 1710. The second-order valence-corrected chi connectivity index (χ2v) is 11.7. The average Bonchev–Trinajstić information content (AvgIpc) is 3.51. The molecule has 0 radical (unpaired) electrons. The largest absolute Gasteiger partial charge is 0.454 e. The molecule has 1 amide bonds. The molecule has 5 rings (SSSR count). The molecule has 2 aromatic carbocycles. The maximum absolute atomic E-state index is 14.5. The molecule has 210 valence electrons. The third-order valence-corrected chi connectivity index (χ3v) is 8.24. The number of nitrogens with zero attached hydrogens (tertiary/aromatic N) is 1. The highest BCUT2D eigenvalue weighted by Gasteiger charge is 2.60. The van der Waals surface area contributed by atoms with Gasteiger partial charge in [-0.2, -0.15) is 0 Å². The number of pyridine rings is 1. The van der Waals surface area contributed by atoms with Crippen molar-refractivity contribution in [3.8, 4) is 22.6 Å². The number of carbonyl (C=O) groups is 1. The van der Waals surface area contributed by atoms with Gasteiger partial charge in [0.1, 0.15) is 21.8 Å². The first-order chi connectivity index (χ1) is 18.6. The summed E-state index contributed by atoms with van der Waals surface area (Å²) in [4.78, 5) is 26.2. The van der Waals surface area contributed by atoms with Crippen molar-refractivity contribution in [2.45, 2.75) is 50.7 Å². The summed E-state index contributed by atoms with van der Waals surface area (Å²) in [5.74, 6) is -5.65. The molecule has 4 aromatic rings. The van der Waals surface area contributed by atoms with Crippen LogP contribution >= 0.6 is 11.3 Å². The topological polar surface area (TPSA) is 80.6 Å². The molecule has 0 aliphatic heterocycles. The summed E-state index contributed by atoms with van der Waals surface area (Å²) in [7, 11) is 1.52. The fraction of sp³-hybridized carbons (Fsp3) is 0.310. The number of fused-ring (bicyclic) bond motifs is 1. The van der Waals surface area contributed by atoms with Gasteiger partial charge in [-0.25, -0.2) is 17.6 Å². The zero-order valence-electron chi connectivity index (χ0n) is 22.1. The number of nitrogens with one attached hydrogen (secondary N) is 1. The molecule has 40 heavy (non-hydrogen) atoms. The van der Waals surface area contributed by atoms with E-state index in [4.69, 9.17) is 4.74 Å². The van der Waals surface area contributed by atoms with Crippen molar-refractivity contribution in [3.63, 3.8) is 0 Å². The number of benzene rings is 2. The number of hydrogen-bond acceptors (Lipinski definition) is 5. The third-order valence-electron chi connectivity index (χ3n) is 7.12. The molecule has 1 saturated carbocycles. The van der Waals surface area contributed by atoms with Crippen LogP contribution in [0.3, 0.4) is 0 Å². The van der Waals surface area contributed by atoms with E-state index in [0.717, 1.165) is 30.4 Å². The van der Waals surface area contributed by atoms with Crippen LogP contribution in [-0.2, 0) is 12.6 Å². The summed E-state index contributed by atoms with van der Waals surface area (Å²) in [5.41, 5.74) is -2.06. The molecule has 0 unspecified atom stereocenters. The number of halogens is 4. The molecule has 0 spiro atoms. The maximum atomic E-state index is 14.5. The third kappa shape index (κ3) is 4.99. The quantitative estimate of drug-likeness (QED) is 0.248. The molecule has 6 nitrogen and oxygen atoms in total. The first-order valence-electron chi connectivity index (χ1n) is 12.4.